The number of piperidine rings is 3. The van der Waals surface area contributed by atoms with Gasteiger partial charge >= 0.3 is 0 Å². The molecule has 1 N–H and O–H groups in total. The number of benzene rings is 1. The fraction of sp³-hybridized carbons (Fsp3) is 0.438. The molecule has 3 saturated heterocycles. The van der Waals surface area contributed by atoms with Crippen molar-refractivity contribution in [2.45, 2.75) is 18.9 Å². The quantitative estimate of drug-likeness (QED) is 0.918. The molecule has 3 fully saturated rings. The minimum atomic E-state index is 0.568. The molecule has 4 heteroatoms. The van der Waals surface area contributed by atoms with Crippen LogP contribution in [0.5, 0.6) is 0 Å². The lowest BCUT2D eigenvalue weighted by atomic mass is 9.84. The van der Waals surface area contributed by atoms with Crippen molar-refractivity contribution >= 4 is 28.2 Å². The molecule has 2 bridgehead atoms. The topological polar surface area (TPSA) is 28.2 Å². The van der Waals surface area contributed by atoms with Gasteiger partial charge in [0.15, 0.2) is 0 Å². The van der Waals surface area contributed by atoms with Gasteiger partial charge in [-0.2, -0.15) is 0 Å². The molecule has 5 rings (SSSR count). The molecule has 2 aromatic rings. The highest BCUT2D eigenvalue weighted by Crippen LogP contribution is 2.32. The molecule has 1 aromatic carbocycles. The molecule has 1 atom stereocenters. The van der Waals surface area contributed by atoms with Crippen LogP contribution in [0.2, 0.25) is 5.02 Å². The number of rotatable bonds is 2. The number of nitrogens with zero attached hydrogens (tertiary/aromatic N) is 2. The van der Waals surface area contributed by atoms with E-state index in [-0.39, 0.29) is 0 Å². The Kier molecular flexibility index (Phi) is 3.04. The summed E-state index contributed by atoms with van der Waals surface area (Å²) in [7, 11) is 0. The Hall–Kier alpha value is -1.32. The van der Waals surface area contributed by atoms with Gasteiger partial charge in [0.2, 0.25) is 0 Å². The summed E-state index contributed by atoms with van der Waals surface area (Å²) < 4.78 is 0. The first-order chi connectivity index (χ1) is 9.79. The second kappa shape index (κ2) is 4.90. The van der Waals surface area contributed by atoms with Gasteiger partial charge in [-0.05, 0) is 56.1 Å². The molecule has 0 amide bonds. The van der Waals surface area contributed by atoms with Crippen LogP contribution >= 0.6 is 11.6 Å². The minimum absolute atomic E-state index is 0.568. The maximum Gasteiger partial charge on any atom is 0.0737 e. The summed E-state index contributed by atoms with van der Waals surface area (Å²) in [6.07, 6.45) is 4.52. The molecular formula is C16H18ClN3. The Bertz CT molecular complexity index is 635. The molecule has 3 aliphatic heterocycles. The summed E-state index contributed by atoms with van der Waals surface area (Å²) in [5.74, 6) is 0.815. The molecule has 20 heavy (non-hydrogen) atoms. The molecule has 0 radical (unpaired) electrons. The van der Waals surface area contributed by atoms with E-state index in [1.54, 1.807) is 0 Å². The third kappa shape index (κ3) is 2.15. The number of hydrogen-bond donors (Lipinski definition) is 1. The van der Waals surface area contributed by atoms with E-state index in [0.717, 1.165) is 21.8 Å². The van der Waals surface area contributed by atoms with Gasteiger partial charge in [0.05, 0.1) is 5.52 Å². The monoisotopic (exact) mass is 287 g/mol. The maximum atomic E-state index is 6.05. The first-order valence-electron chi connectivity index (χ1n) is 7.33. The molecule has 4 heterocycles. The summed E-state index contributed by atoms with van der Waals surface area (Å²) in [6.45, 7) is 3.72. The average Bonchev–Trinajstić information content (AvgIpc) is 2.48. The molecule has 0 aliphatic carbocycles. The van der Waals surface area contributed by atoms with Crippen LogP contribution in [0.4, 0.5) is 5.69 Å². The molecule has 104 valence electrons. The van der Waals surface area contributed by atoms with E-state index in [4.69, 9.17) is 11.6 Å². The molecule has 3 aliphatic rings. The zero-order valence-corrected chi connectivity index (χ0v) is 12.1. The van der Waals surface area contributed by atoms with Crippen molar-refractivity contribution in [2.24, 2.45) is 5.92 Å². The van der Waals surface area contributed by atoms with E-state index in [1.165, 1.54) is 38.2 Å². The van der Waals surface area contributed by atoms with Crippen molar-refractivity contribution in [1.82, 2.24) is 9.88 Å². The molecule has 3 nitrogen and oxygen atoms in total. The number of nitrogens with one attached hydrogen (secondary N) is 1. The van der Waals surface area contributed by atoms with E-state index in [1.807, 2.05) is 18.3 Å². The van der Waals surface area contributed by atoms with Crippen LogP contribution in [0.25, 0.3) is 10.9 Å². The lowest BCUT2D eigenvalue weighted by Gasteiger charge is -2.45. The van der Waals surface area contributed by atoms with Gasteiger partial charge in [-0.1, -0.05) is 11.6 Å². The molecular weight excluding hydrogens is 270 g/mol. The Labute approximate surface area is 123 Å². The first kappa shape index (κ1) is 12.4. The number of anilines is 1. The van der Waals surface area contributed by atoms with Crippen molar-refractivity contribution in [2.75, 3.05) is 25.0 Å². The van der Waals surface area contributed by atoms with Gasteiger partial charge in [-0.25, -0.2) is 0 Å². The van der Waals surface area contributed by atoms with Crippen LogP contribution in [-0.4, -0.2) is 35.6 Å². The first-order valence-corrected chi connectivity index (χ1v) is 7.70. The van der Waals surface area contributed by atoms with Crippen molar-refractivity contribution in [3.63, 3.8) is 0 Å². The predicted molar refractivity (Wildman–Crippen MR) is 83.3 cm³/mol. The summed E-state index contributed by atoms with van der Waals surface area (Å²) >= 11 is 6.05. The second-order valence-corrected chi connectivity index (χ2v) is 6.35. The highest BCUT2D eigenvalue weighted by atomic mass is 35.5. The number of aromatic nitrogens is 1. The largest absolute Gasteiger partial charge is 0.380 e. The van der Waals surface area contributed by atoms with Crippen molar-refractivity contribution in [3.05, 3.63) is 35.5 Å². The zero-order chi connectivity index (χ0) is 13.5. The van der Waals surface area contributed by atoms with Crippen LogP contribution in [0.1, 0.15) is 12.8 Å². The zero-order valence-electron chi connectivity index (χ0n) is 11.3. The summed E-state index contributed by atoms with van der Waals surface area (Å²) in [5.41, 5.74) is 2.15. The van der Waals surface area contributed by atoms with Gasteiger partial charge in [-0.3, -0.25) is 4.98 Å². The molecule has 1 unspecified atom stereocenters. The van der Waals surface area contributed by atoms with E-state index < -0.39 is 0 Å². The highest BCUT2D eigenvalue weighted by Gasteiger charge is 2.34. The van der Waals surface area contributed by atoms with Crippen molar-refractivity contribution in [1.29, 1.82) is 0 Å². The molecule has 0 spiro atoms. The average molecular weight is 288 g/mol. The number of halogens is 1. The van der Waals surface area contributed by atoms with Crippen LogP contribution < -0.4 is 5.32 Å². The maximum absolute atomic E-state index is 6.05. The number of pyridine rings is 1. The summed E-state index contributed by atoms with van der Waals surface area (Å²) in [4.78, 5) is 6.98. The summed E-state index contributed by atoms with van der Waals surface area (Å²) in [6, 6.07) is 8.58. The van der Waals surface area contributed by atoms with Crippen LogP contribution in [-0.2, 0) is 0 Å². The molecule has 1 aromatic heterocycles. The normalized spacial score (nSPS) is 28.8. The van der Waals surface area contributed by atoms with Crippen LogP contribution in [0, 0.1) is 5.92 Å². The van der Waals surface area contributed by atoms with Gasteiger partial charge in [0, 0.05) is 34.9 Å². The van der Waals surface area contributed by atoms with Gasteiger partial charge in [0.1, 0.15) is 0 Å². The number of hydrogen-bond acceptors (Lipinski definition) is 3. The molecule has 0 saturated carbocycles. The Morgan fingerprint density at radius 2 is 2.05 bits per heavy atom. The third-order valence-corrected chi connectivity index (χ3v) is 4.94. The van der Waals surface area contributed by atoms with Crippen LogP contribution in [0.15, 0.2) is 30.5 Å². The van der Waals surface area contributed by atoms with E-state index in [9.17, 15) is 0 Å². The van der Waals surface area contributed by atoms with Crippen molar-refractivity contribution < 1.29 is 0 Å². The Morgan fingerprint density at radius 3 is 2.80 bits per heavy atom. The van der Waals surface area contributed by atoms with E-state index >= 15 is 0 Å². The third-order valence-electron chi connectivity index (χ3n) is 4.70. The highest BCUT2D eigenvalue weighted by molar-refractivity contribution is 6.31. The van der Waals surface area contributed by atoms with Gasteiger partial charge in [-0.15, -0.1) is 0 Å². The smallest absolute Gasteiger partial charge is 0.0737 e. The standard InChI is InChI=1S/C16H18ClN3/c17-12-1-2-13-14(3-6-18-15(13)9-12)19-16-10-20-7-4-11(16)5-8-20/h1-3,6,9,11,16H,4-5,7-8,10H2,(H,18,19). The van der Waals surface area contributed by atoms with E-state index in [2.05, 4.69) is 27.3 Å². The summed E-state index contributed by atoms with van der Waals surface area (Å²) in [5, 5.41) is 5.65. The second-order valence-electron chi connectivity index (χ2n) is 5.91. The Morgan fingerprint density at radius 1 is 1.20 bits per heavy atom. The lowest BCUT2D eigenvalue weighted by molar-refractivity contribution is 0.0976. The lowest BCUT2D eigenvalue weighted by Crippen LogP contribution is -2.53. The predicted octanol–water partition coefficient (Wildman–Crippen LogP) is 3.39. The number of fused-ring (bicyclic) bond motifs is 4. The van der Waals surface area contributed by atoms with Gasteiger partial charge < -0.3 is 10.2 Å². The fourth-order valence-electron chi connectivity index (χ4n) is 3.58. The fourth-order valence-corrected chi connectivity index (χ4v) is 3.74. The van der Waals surface area contributed by atoms with Crippen LogP contribution in [0.3, 0.4) is 0 Å². The SMILES string of the molecule is Clc1ccc2c(NC3CN4CCC3CC4)ccnc2c1. The van der Waals surface area contributed by atoms with E-state index in [0.29, 0.717) is 6.04 Å². The minimum Gasteiger partial charge on any atom is -0.380 e. The van der Waals surface area contributed by atoms with Crippen molar-refractivity contribution in [3.8, 4) is 0 Å². The van der Waals surface area contributed by atoms with Gasteiger partial charge in [0.25, 0.3) is 0 Å². The Balaban J connectivity index is 1.65.